The zero-order chi connectivity index (χ0) is 17.0. The molecule has 1 aliphatic carbocycles. The Morgan fingerprint density at radius 2 is 1.92 bits per heavy atom. The molecule has 0 atom stereocenters. The highest BCUT2D eigenvalue weighted by Gasteiger charge is 2.17. The fourth-order valence-electron chi connectivity index (χ4n) is 3.01. The summed E-state index contributed by atoms with van der Waals surface area (Å²) in [4.78, 5) is 20.3. The number of rotatable bonds is 8. The number of carbonyl (C=O) groups is 1. The van der Waals surface area contributed by atoms with Crippen LogP contribution in [0, 0.1) is 5.92 Å². The molecule has 0 radical (unpaired) electrons. The monoisotopic (exact) mass is 331 g/mol. The molecule has 0 spiro atoms. The van der Waals surface area contributed by atoms with Crippen molar-refractivity contribution in [2.45, 2.75) is 38.5 Å². The Hall–Kier alpha value is -2.11. The van der Waals surface area contributed by atoms with Crippen molar-refractivity contribution in [3.8, 4) is 0 Å². The summed E-state index contributed by atoms with van der Waals surface area (Å²) in [5, 5.41) is 9.44. The molecule has 1 aliphatic rings. The first-order valence-electron chi connectivity index (χ1n) is 8.89. The lowest BCUT2D eigenvalue weighted by Gasteiger charge is -2.13. The van der Waals surface area contributed by atoms with Crippen LogP contribution in [0.1, 0.15) is 37.8 Å². The van der Waals surface area contributed by atoms with E-state index in [9.17, 15) is 4.79 Å². The molecule has 3 N–H and O–H groups in total. The molecule has 1 aromatic heterocycles. The van der Waals surface area contributed by atoms with Crippen LogP contribution >= 0.6 is 0 Å². The number of nitrogens with one attached hydrogen (secondary N) is 3. The van der Waals surface area contributed by atoms with E-state index in [4.69, 9.17) is 0 Å². The summed E-state index contributed by atoms with van der Waals surface area (Å²) in [6.07, 6.45) is 8.30. The normalized spacial score (nSPS) is 15.3. The van der Waals surface area contributed by atoms with Crippen molar-refractivity contribution in [1.29, 1.82) is 0 Å². The SMILES string of the molecule is CN=C(NCCNC(=O)CC1CCCC1)NCCc1ccccn1. The van der Waals surface area contributed by atoms with Crippen molar-refractivity contribution in [2.75, 3.05) is 26.7 Å². The van der Waals surface area contributed by atoms with E-state index in [1.54, 1.807) is 13.2 Å². The smallest absolute Gasteiger partial charge is 0.220 e. The summed E-state index contributed by atoms with van der Waals surface area (Å²) in [7, 11) is 1.74. The van der Waals surface area contributed by atoms with Crippen LogP contribution in [0.15, 0.2) is 29.4 Å². The van der Waals surface area contributed by atoms with E-state index in [1.165, 1.54) is 25.7 Å². The van der Waals surface area contributed by atoms with Gasteiger partial charge in [0.25, 0.3) is 0 Å². The molecular formula is C18H29N5O. The number of aromatic nitrogens is 1. The van der Waals surface area contributed by atoms with Gasteiger partial charge in [-0.3, -0.25) is 14.8 Å². The van der Waals surface area contributed by atoms with E-state index in [0.29, 0.717) is 25.4 Å². The maximum Gasteiger partial charge on any atom is 0.220 e. The highest BCUT2D eigenvalue weighted by atomic mass is 16.1. The van der Waals surface area contributed by atoms with E-state index in [0.717, 1.165) is 24.6 Å². The van der Waals surface area contributed by atoms with E-state index < -0.39 is 0 Å². The second-order valence-electron chi connectivity index (χ2n) is 6.20. The lowest BCUT2D eigenvalue weighted by molar-refractivity contribution is -0.121. The van der Waals surface area contributed by atoms with Gasteiger partial charge in [-0.25, -0.2) is 0 Å². The van der Waals surface area contributed by atoms with Crippen molar-refractivity contribution in [1.82, 2.24) is 20.9 Å². The van der Waals surface area contributed by atoms with Crippen LogP contribution in [0.25, 0.3) is 0 Å². The van der Waals surface area contributed by atoms with Crippen LogP contribution in [0.2, 0.25) is 0 Å². The Balaban J connectivity index is 1.53. The molecule has 1 heterocycles. The van der Waals surface area contributed by atoms with Gasteiger partial charge in [0, 0.05) is 51.4 Å². The first-order valence-corrected chi connectivity index (χ1v) is 8.89. The highest BCUT2D eigenvalue weighted by molar-refractivity contribution is 5.79. The molecule has 0 bridgehead atoms. The highest BCUT2D eigenvalue weighted by Crippen LogP contribution is 2.27. The second kappa shape index (κ2) is 10.6. The number of amides is 1. The molecule has 1 amide bonds. The average molecular weight is 331 g/mol. The predicted octanol–water partition coefficient (Wildman–Crippen LogP) is 1.49. The summed E-state index contributed by atoms with van der Waals surface area (Å²) < 4.78 is 0. The van der Waals surface area contributed by atoms with E-state index in [1.807, 2.05) is 18.2 Å². The van der Waals surface area contributed by atoms with Crippen LogP contribution < -0.4 is 16.0 Å². The maximum absolute atomic E-state index is 11.9. The van der Waals surface area contributed by atoms with Crippen LogP contribution in [0.3, 0.4) is 0 Å². The third-order valence-electron chi connectivity index (χ3n) is 4.31. The summed E-state index contributed by atoms with van der Waals surface area (Å²) in [5.41, 5.74) is 1.06. The molecule has 6 heteroatoms. The van der Waals surface area contributed by atoms with Crippen LogP contribution in [0.5, 0.6) is 0 Å². The predicted molar refractivity (Wildman–Crippen MR) is 96.9 cm³/mol. The molecular weight excluding hydrogens is 302 g/mol. The first kappa shape index (κ1) is 18.2. The van der Waals surface area contributed by atoms with E-state index >= 15 is 0 Å². The minimum atomic E-state index is 0.168. The lowest BCUT2D eigenvalue weighted by Crippen LogP contribution is -2.42. The van der Waals surface area contributed by atoms with Crippen molar-refractivity contribution in [3.05, 3.63) is 30.1 Å². The Morgan fingerprint density at radius 3 is 2.62 bits per heavy atom. The van der Waals surface area contributed by atoms with E-state index in [2.05, 4.69) is 25.9 Å². The Bertz CT molecular complexity index is 511. The largest absolute Gasteiger partial charge is 0.356 e. The van der Waals surface area contributed by atoms with Crippen molar-refractivity contribution < 1.29 is 4.79 Å². The van der Waals surface area contributed by atoms with Gasteiger partial charge in [0.05, 0.1) is 0 Å². The fraction of sp³-hybridized carbons (Fsp3) is 0.611. The van der Waals surface area contributed by atoms with Gasteiger partial charge in [-0.2, -0.15) is 0 Å². The topological polar surface area (TPSA) is 78.4 Å². The Labute approximate surface area is 144 Å². The Morgan fingerprint density at radius 1 is 1.17 bits per heavy atom. The Kier molecular flexibility index (Phi) is 8.07. The standard InChI is InChI=1S/C18H29N5O/c1-19-18(22-11-9-16-8-4-5-10-20-16)23-13-12-21-17(24)14-15-6-2-3-7-15/h4-5,8,10,15H,2-3,6-7,9,11-14H2,1H3,(H,21,24)(H2,19,22,23). The van der Waals surface area contributed by atoms with Crippen LogP contribution in [0.4, 0.5) is 0 Å². The molecule has 1 aromatic rings. The molecule has 132 valence electrons. The third kappa shape index (κ3) is 6.98. The van der Waals surface area contributed by atoms with Gasteiger partial charge in [0.1, 0.15) is 0 Å². The molecule has 0 unspecified atom stereocenters. The van der Waals surface area contributed by atoms with Gasteiger partial charge in [0.15, 0.2) is 5.96 Å². The van der Waals surface area contributed by atoms with Gasteiger partial charge < -0.3 is 16.0 Å². The van der Waals surface area contributed by atoms with Gasteiger partial charge in [0.2, 0.25) is 5.91 Å². The van der Waals surface area contributed by atoms with Gasteiger partial charge in [-0.1, -0.05) is 18.9 Å². The average Bonchev–Trinajstić information content (AvgIpc) is 3.11. The molecule has 0 aliphatic heterocycles. The first-order chi connectivity index (χ1) is 11.8. The number of guanidine groups is 1. The maximum atomic E-state index is 11.9. The molecule has 24 heavy (non-hydrogen) atoms. The van der Waals surface area contributed by atoms with Crippen molar-refractivity contribution in [3.63, 3.8) is 0 Å². The number of aliphatic imine (C=N–C) groups is 1. The number of pyridine rings is 1. The van der Waals surface area contributed by atoms with E-state index in [-0.39, 0.29) is 5.91 Å². The zero-order valence-electron chi connectivity index (χ0n) is 14.6. The molecule has 1 saturated carbocycles. The van der Waals surface area contributed by atoms with Gasteiger partial charge >= 0.3 is 0 Å². The molecule has 2 rings (SSSR count). The summed E-state index contributed by atoms with van der Waals surface area (Å²) >= 11 is 0. The third-order valence-corrected chi connectivity index (χ3v) is 4.31. The van der Waals surface area contributed by atoms with Crippen LogP contribution in [-0.4, -0.2) is 43.5 Å². The fourth-order valence-corrected chi connectivity index (χ4v) is 3.01. The minimum Gasteiger partial charge on any atom is -0.356 e. The summed E-state index contributed by atoms with van der Waals surface area (Å²) in [5.74, 6) is 1.51. The second-order valence-corrected chi connectivity index (χ2v) is 6.20. The quantitative estimate of drug-likeness (QED) is 0.383. The van der Waals surface area contributed by atoms with Gasteiger partial charge in [-0.05, 0) is 30.9 Å². The number of nitrogens with zero attached hydrogens (tertiary/aromatic N) is 2. The van der Waals surface area contributed by atoms with Crippen molar-refractivity contribution >= 4 is 11.9 Å². The molecule has 1 fully saturated rings. The minimum absolute atomic E-state index is 0.168. The van der Waals surface area contributed by atoms with Gasteiger partial charge in [-0.15, -0.1) is 0 Å². The lowest BCUT2D eigenvalue weighted by atomic mass is 10.0. The summed E-state index contributed by atoms with van der Waals surface area (Å²) in [6, 6.07) is 5.92. The molecule has 0 saturated heterocycles. The number of carbonyl (C=O) groups excluding carboxylic acids is 1. The van der Waals surface area contributed by atoms with Crippen LogP contribution in [-0.2, 0) is 11.2 Å². The number of hydrogen-bond acceptors (Lipinski definition) is 3. The summed E-state index contributed by atoms with van der Waals surface area (Å²) in [6.45, 7) is 2.05. The van der Waals surface area contributed by atoms with Crippen molar-refractivity contribution in [2.24, 2.45) is 10.9 Å². The molecule has 0 aromatic carbocycles. The molecule has 6 nitrogen and oxygen atoms in total. The zero-order valence-corrected chi connectivity index (χ0v) is 14.6. The number of hydrogen-bond donors (Lipinski definition) is 3.